The Balaban J connectivity index is 1.83. The Morgan fingerprint density at radius 1 is 0.931 bits per heavy atom. The predicted molar refractivity (Wildman–Crippen MR) is 113 cm³/mol. The zero-order chi connectivity index (χ0) is 20.5. The van der Waals surface area contributed by atoms with E-state index in [0.29, 0.717) is 16.9 Å². The highest BCUT2D eigenvalue weighted by atomic mass is 32.1. The Kier molecular flexibility index (Phi) is 4.96. The molecule has 29 heavy (non-hydrogen) atoms. The van der Waals surface area contributed by atoms with Crippen molar-refractivity contribution in [3.05, 3.63) is 77.9 Å². The molecular formula is C23H18O5S. The largest absolute Gasteiger partial charge is 0.508 e. The Morgan fingerprint density at radius 2 is 1.59 bits per heavy atom. The standard InChI is InChI=1S/C23H18O5S/c1-13(24)28-18-9-4-14(5-10-18)22(27)21-19-11-8-17(26)12-20(19)29-23(21)15-2-6-16(25)7-3-15/h2-13,24-26H,1H3. The number of ketones is 1. The van der Waals surface area contributed by atoms with Crippen LogP contribution in [0.1, 0.15) is 22.8 Å². The highest BCUT2D eigenvalue weighted by Gasteiger charge is 2.22. The van der Waals surface area contributed by atoms with Crippen LogP contribution in [0.5, 0.6) is 17.2 Å². The van der Waals surface area contributed by atoms with Crippen molar-refractivity contribution in [3.8, 4) is 27.7 Å². The number of benzene rings is 3. The fourth-order valence-electron chi connectivity index (χ4n) is 3.15. The van der Waals surface area contributed by atoms with Gasteiger partial charge in [-0.3, -0.25) is 4.79 Å². The number of carbonyl (C=O) groups excluding carboxylic acids is 1. The average Bonchev–Trinajstić information content (AvgIpc) is 3.06. The second kappa shape index (κ2) is 7.58. The molecule has 5 nitrogen and oxygen atoms in total. The molecule has 1 atom stereocenters. The lowest BCUT2D eigenvalue weighted by atomic mass is 9.97. The predicted octanol–water partition coefficient (Wildman–Crippen LogP) is 4.93. The number of rotatable bonds is 5. The van der Waals surface area contributed by atoms with Gasteiger partial charge in [0.2, 0.25) is 0 Å². The molecule has 4 aromatic rings. The van der Waals surface area contributed by atoms with Gasteiger partial charge in [-0.1, -0.05) is 0 Å². The maximum absolute atomic E-state index is 13.4. The summed E-state index contributed by atoms with van der Waals surface area (Å²) in [6.07, 6.45) is -0.939. The van der Waals surface area contributed by atoms with Gasteiger partial charge in [-0.05, 0) is 79.2 Å². The van der Waals surface area contributed by atoms with Gasteiger partial charge < -0.3 is 20.1 Å². The van der Waals surface area contributed by atoms with E-state index >= 15 is 0 Å². The lowest BCUT2D eigenvalue weighted by molar-refractivity contribution is -0.000293. The molecule has 0 amide bonds. The van der Waals surface area contributed by atoms with E-state index in [-0.39, 0.29) is 17.3 Å². The quantitative estimate of drug-likeness (QED) is 0.323. The molecule has 0 bridgehead atoms. The van der Waals surface area contributed by atoms with Crippen LogP contribution in [-0.2, 0) is 0 Å². The first-order valence-corrected chi connectivity index (χ1v) is 9.78. The molecule has 0 radical (unpaired) electrons. The van der Waals surface area contributed by atoms with E-state index in [4.69, 9.17) is 4.74 Å². The molecular weight excluding hydrogens is 388 g/mol. The molecule has 6 heteroatoms. The van der Waals surface area contributed by atoms with Crippen molar-refractivity contribution in [1.29, 1.82) is 0 Å². The summed E-state index contributed by atoms with van der Waals surface area (Å²) < 4.78 is 6.02. The van der Waals surface area contributed by atoms with Crippen molar-refractivity contribution in [2.75, 3.05) is 0 Å². The van der Waals surface area contributed by atoms with E-state index in [9.17, 15) is 20.1 Å². The third kappa shape index (κ3) is 3.81. The summed E-state index contributed by atoms with van der Waals surface area (Å²) in [6, 6.07) is 18.2. The molecule has 146 valence electrons. The van der Waals surface area contributed by atoms with Gasteiger partial charge in [-0.25, -0.2) is 0 Å². The van der Waals surface area contributed by atoms with Gasteiger partial charge in [0, 0.05) is 26.1 Å². The normalized spacial score (nSPS) is 12.1. The van der Waals surface area contributed by atoms with Gasteiger partial charge in [0.25, 0.3) is 0 Å². The van der Waals surface area contributed by atoms with Crippen LogP contribution < -0.4 is 4.74 Å². The number of thiophene rings is 1. The summed E-state index contributed by atoms with van der Waals surface area (Å²) in [5.74, 6) is 0.590. The third-order valence-corrected chi connectivity index (χ3v) is 5.65. The van der Waals surface area contributed by atoms with E-state index < -0.39 is 6.29 Å². The maximum atomic E-state index is 13.4. The number of hydrogen-bond acceptors (Lipinski definition) is 6. The van der Waals surface area contributed by atoms with Gasteiger partial charge in [0.05, 0.1) is 0 Å². The van der Waals surface area contributed by atoms with E-state index in [1.807, 2.05) is 0 Å². The van der Waals surface area contributed by atoms with E-state index in [2.05, 4.69) is 0 Å². The topological polar surface area (TPSA) is 87.0 Å². The van der Waals surface area contributed by atoms with Gasteiger partial charge >= 0.3 is 0 Å². The number of aliphatic hydroxyl groups excluding tert-OH is 1. The number of phenols is 2. The number of phenolic OH excluding ortho intramolecular Hbond substituents is 2. The summed E-state index contributed by atoms with van der Waals surface area (Å²) >= 11 is 1.41. The van der Waals surface area contributed by atoms with Crippen LogP contribution in [0.25, 0.3) is 20.5 Å². The summed E-state index contributed by atoms with van der Waals surface area (Å²) in [7, 11) is 0. The van der Waals surface area contributed by atoms with E-state index in [1.54, 1.807) is 66.7 Å². The lowest BCUT2D eigenvalue weighted by Crippen LogP contribution is -2.09. The molecule has 1 unspecified atom stereocenters. The van der Waals surface area contributed by atoms with Crippen LogP contribution in [0.2, 0.25) is 0 Å². The monoisotopic (exact) mass is 406 g/mol. The fraction of sp³-hybridized carbons (Fsp3) is 0.0870. The number of fused-ring (bicyclic) bond motifs is 1. The lowest BCUT2D eigenvalue weighted by Gasteiger charge is -2.09. The highest BCUT2D eigenvalue weighted by Crippen LogP contribution is 2.41. The zero-order valence-electron chi connectivity index (χ0n) is 15.5. The van der Waals surface area contributed by atoms with Crippen LogP contribution in [0.15, 0.2) is 66.7 Å². The molecule has 0 aliphatic rings. The minimum atomic E-state index is -0.939. The molecule has 0 saturated carbocycles. The summed E-state index contributed by atoms with van der Waals surface area (Å²) in [6.45, 7) is 1.51. The molecule has 0 spiro atoms. The van der Waals surface area contributed by atoms with Gasteiger partial charge in [-0.15, -0.1) is 11.3 Å². The molecule has 0 aliphatic carbocycles. The second-order valence-corrected chi connectivity index (χ2v) is 7.66. The SMILES string of the molecule is CC(O)Oc1ccc(C(=O)c2c(-c3ccc(O)cc3)sc3cc(O)ccc23)cc1. The van der Waals surface area contributed by atoms with Crippen LogP contribution >= 0.6 is 11.3 Å². The highest BCUT2D eigenvalue weighted by molar-refractivity contribution is 7.22. The first-order chi connectivity index (χ1) is 13.9. The van der Waals surface area contributed by atoms with Crippen molar-refractivity contribution in [2.45, 2.75) is 13.2 Å². The molecule has 3 aromatic carbocycles. The van der Waals surface area contributed by atoms with Crippen molar-refractivity contribution in [2.24, 2.45) is 0 Å². The van der Waals surface area contributed by atoms with Crippen LogP contribution in [0.3, 0.4) is 0 Å². The Bertz CT molecular complexity index is 1170. The Hall–Kier alpha value is -3.35. The number of aliphatic hydroxyl groups is 1. The summed E-state index contributed by atoms with van der Waals surface area (Å²) in [5.41, 5.74) is 1.83. The molecule has 0 fully saturated rings. The Morgan fingerprint density at radius 3 is 2.24 bits per heavy atom. The third-order valence-electron chi connectivity index (χ3n) is 4.45. The molecule has 1 aromatic heterocycles. The van der Waals surface area contributed by atoms with Gasteiger partial charge in [0.15, 0.2) is 12.1 Å². The minimum absolute atomic E-state index is 0.134. The van der Waals surface area contributed by atoms with Crippen LogP contribution in [0.4, 0.5) is 0 Å². The van der Waals surface area contributed by atoms with Gasteiger partial charge in [-0.2, -0.15) is 0 Å². The van der Waals surface area contributed by atoms with Crippen LogP contribution in [0, 0.1) is 0 Å². The molecule has 0 saturated heterocycles. The smallest absolute Gasteiger partial charge is 0.195 e. The Labute approximate surface area is 171 Å². The van der Waals surface area contributed by atoms with Crippen molar-refractivity contribution < 1.29 is 24.9 Å². The average molecular weight is 406 g/mol. The molecule has 0 aliphatic heterocycles. The van der Waals surface area contributed by atoms with Crippen molar-refractivity contribution in [3.63, 3.8) is 0 Å². The first kappa shape index (κ1) is 19.0. The minimum Gasteiger partial charge on any atom is -0.508 e. The first-order valence-electron chi connectivity index (χ1n) is 8.97. The second-order valence-electron chi connectivity index (χ2n) is 6.60. The summed E-state index contributed by atoms with van der Waals surface area (Å²) in [5, 5.41) is 29.5. The fourth-order valence-corrected chi connectivity index (χ4v) is 4.39. The number of carbonyl (C=O) groups is 1. The van der Waals surface area contributed by atoms with Crippen LogP contribution in [-0.4, -0.2) is 27.4 Å². The maximum Gasteiger partial charge on any atom is 0.195 e. The summed E-state index contributed by atoms with van der Waals surface area (Å²) in [4.78, 5) is 14.2. The number of ether oxygens (including phenoxy) is 1. The van der Waals surface area contributed by atoms with Crippen molar-refractivity contribution >= 4 is 27.2 Å². The number of hydrogen-bond donors (Lipinski definition) is 3. The van der Waals surface area contributed by atoms with Crippen molar-refractivity contribution in [1.82, 2.24) is 0 Å². The molecule has 3 N–H and O–H groups in total. The molecule has 1 heterocycles. The van der Waals surface area contributed by atoms with E-state index in [1.165, 1.54) is 18.3 Å². The zero-order valence-corrected chi connectivity index (χ0v) is 16.3. The van der Waals surface area contributed by atoms with Gasteiger partial charge in [0.1, 0.15) is 17.2 Å². The van der Waals surface area contributed by atoms with E-state index in [0.717, 1.165) is 20.5 Å². The number of aromatic hydroxyl groups is 2. The molecule has 4 rings (SSSR count).